The van der Waals surface area contributed by atoms with E-state index in [-0.39, 0.29) is 11.6 Å². The molecule has 0 unspecified atom stereocenters. The molecule has 7 heteroatoms. The molecule has 0 radical (unpaired) electrons. The number of aryl methyl sites for hydroxylation is 1. The molecule has 1 N–H and O–H groups in total. The summed E-state index contributed by atoms with van der Waals surface area (Å²) < 4.78 is 1.67. The van der Waals surface area contributed by atoms with Crippen LogP contribution in [0.3, 0.4) is 0 Å². The highest BCUT2D eigenvalue weighted by Gasteiger charge is 2.28. The van der Waals surface area contributed by atoms with Gasteiger partial charge >= 0.3 is 0 Å². The summed E-state index contributed by atoms with van der Waals surface area (Å²) in [7, 11) is 0. The van der Waals surface area contributed by atoms with E-state index < -0.39 is 0 Å². The zero-order valence-corrected chi connectivity index (χ0v) is 17.2. The highest BCUT2D eigenvalue weighted by atomic mass is 16.1. The van der Waals surface area contributed by atoms with Gasteiger partial charge in [0.25, 0.3) is 5.56 Å². The van der Waals surface area contributed by atoms with Crippen molar-refractivity contribution >= 4 is 5.82 Å². The first kappa shape index (κ1) is 18.9. The Morgan fingerprint density at radius 2 is 1.87 bits per heavy atom. The average Bonchev–Trinajstić information content (AvgIpc) is 3.61. The van der Waals surface area contributed by atoms with Crippen LogP contribution in [0, 0.1) is 6.92 Å². The number of anilines is 1. The molecule has 3 heterocycles. The number of pyridine rings is 1. The summed E-state index contributed by atoms with van der Waals surface area (Å²) in [5, 5.41) is 8.25. The predicted molar refractivity (Wildman–Crippen MR) is 115 cm³/mol. The van der Waals surface area contributed by atoms with E-state index in [1.807, 2.05) is 25.1 Å². The van der Waals surface area contributed by atoms with E-state index >= 15 is 0 Å². The summed E-state index contributed by atoms with van der Waals surface area (Å²) in [5.74, 6) is 2.46. The third-order valence-electron chi connectivity index (χ3n) is 5.99. The van der Waals surface area contributed by atoms with Gasteiger partial charge in [0.2, 0.25) is 0 Å². The van der Waals surface area contributed by atoms with Gasteiger partial charge in [0.15, 0.2) is 0 Å². The summed E-state index contributed by atoms with van der Waals surface area (Å²) in [6.45, 7) is 2.03. The molecule has 0 atom stereocenters. The molecule has 2 aliphatic carbocycles. The normalized spacial score (nSPS) is 21.4. The summed E-state index contributed by atoms with van der Waals surface area (Å²) in [6, 6.07) is 9.75. The van der Waals surface area contributed by atoms with Crippen LogP contribution in [0.1, 0.15) is 62.0 Å². The average molecular weight is 403 g/mol. The molecular weight excluding hydrogens is 376 g/mol. The second-order valence-corrected chi connectivity index (χ2v) is 8.42. The molecule has 0 aromatic carbocycles. The van der Waals surface area contributed by atoms with Crippen LogP contribution < -0.4 is 10.9 Å². The van der Waals surface area contributed by atoms with Crippen molar-refractivity contribution in [3.8, 4) is 11.3 Å². The van der Waals surface area contributed by atoms with Crippen LogP contribution in [0.5, 0.6) is 0 Å². The fraction of sp³-hybridized carbons (Fsp3) is 0.435. The van der Waals surface area contributed by atoms with Crippen LogP contribution in [-0.4, -0.2) is 30.8 Å². The maximum absolute atomic E-state index is 12.5. The Morgan fingerprint density at radius 1 is 1.03 bits per heavy atom. The first-order valence-corrected chi connectivity index (χ1v) is 10.8. The molecule has 0 bridgehead atoms. The van der Waals surface area contributed by atoms with Crippen LogP contribution >= 0.6 is 0 Å². The van der Waals surface area contributed by atoms with Gasteiger partial charge < -0.3 is 5.32 Å². The number of hydrogen-bond donors (Lipinski definition) is 1. The molecule has 2 fully saturated rings. The molecule has 5 rings (SSSR count). The van der Waals surface area contributed by atoms with Crippen LogP contribution in [0.25, 0.3) is 11.3 Å². The molecule has 2 aliphatic rings. The van der Waals surface area contributed by atoms with E-state index in [2.05, 4.69) is 20.4 Å². The Bertz CT molecular complexity index is 1080. The lowest BCUT2D eigenvalue weighted by Gasteiger charge is -2.30. The second kappa shape index (κ2) is 7.97. The Morgan fingerprint density at radius 3 is 2.60 bits per heavy atom. The number of rotatable bonds is 5. The SMILES string of the molecule is Cc1cc(NC2CCC(n3nc(-c4cccnc4)ccc3=O)CC2)nc(C2CC2)n1. The fourth-order valence-electron chi connectivity index (χ4n) is 4.22. The Labute approximate surface area is 175 Å². The lowest BCUT2D eigenvalue weighted by molar-refractivity contribution is 0.304. The maximum Gasteiger partial charge on any atom is 0.267 e. The third kappa shape index (κ3) is 4.10. The van der Waals surface area contributed by atoms with E-state index in [0.29, 0.717) is 12.0 Å². The minimum atomic E-state index is -0.0421. The highest BCUT2D eigenvalue weighted by molar-refractivity contribution is 5.56. The first-order valence-electron chi connectivity index (χ1n) is 10.8. The van der Waals surface area contributed by atoms with Crippen LogP contribution in [0.15, 0.2) is 47.5 Å². The summed E-state index contributed by atoms with van der Waals surface area (Å²) in [6.07, 6.45) is 9.72. The van der Waals surface area contributed by atoms with Gasteiger partial charge in [-0.1, -0.05) is 0 Å². The Hall–Kier alpha value is -3.09. The standard InChI is InChI=1S/C23H26N6O/c1-15-13-21(27-23(25-15)16-4-5-16)26-18-6-8-19(9-7-18)29-22(30)11-10-20(28-29)17-3-2-12-24-14-17/h2-3,10-14,16,18-19H,4-9H2,1H3,(H,25,26,27). The van der Waals surface area contributed by atoms with Crippen molar-refractivity contribution in [3.05, 3.63) is 64.6 Å². The second-order valence-electron chi connectivity index (χ2n) is 8.42. The van der Waals surface area contributed by atoms with Gasteiger partial charge in [0.1, 0.15) is 11.6 Å². The van der Waals surface area contributed by atoms with E-state index in [1.165, 1.54) is 12.8 Å². The molecule has 7 nitrogen and oxygen atoms in total. The molecule has 3 aromatic rings. The van der Waals surface area contributed by atoms with Crippen molar-refractivity contribution in [3.63, 3.8) is 0 Å². The van der Waals surface area contributed by atoms with Gasteiger partial charge in [-0.25, -0.2) is 14.6 Å². The van der Waals surface area contributed by atoms with Crippen molar-refractivity contribution in [1.82, 2.24) is 24.7 Å². The molecule has 154 valence electrons. The molecule has 0 spiro atoms. The number of nitrogens with one attached hydrogen (secondary N) is 1. The van der Waals surface area contributed by atoms with Crippen LogP contribution in [0.2, 0.25) is 0 Å². The Balaban J connectivity index is 1.27. The molecule has 0 saturated heterocycles. The van der Waals surface area contributed by atoms with Crippen molar-refractivity contribution in [2.24, 2.45) is 0 Å². The van der Waals surface area contributed by atoms with Gasteiger partial charge in [0.05, 0.1) is 11.7 Å². The summed E-state index contributed by atoms with van der Waals surface area (Å²) in [5.41, 5.74) is 2.69. The summed E-state index contributed by atoms with van der Waals surface area (Å²) >= 11 is 0. The lowest BCUT2D eigenvalue weighted by Crippen LogP contribution is -2.33. The van der Waals surface area contributed by atoms with Crippen LogP contribution in [-0.2, 0) is 0 Å². The van der Waals surface area contributed by atoms with Gasteiger partial charge in [-0.05, 0) is 63.6 Å². The number of nitrogens with zero attached hydrogens (tertiary/aromatic N) is 5. The highest BCUT2D eigenvalue weighted by Crippen LogP contribution is 2.38. The smallest absolute Gasteiger partial charge is 0.267 e. The monoisotopic (exact) mass is 402 g/mol. The zero-order chi connectivity index (χ0) is 20.5. The molecule has 3 aromatic heterocycles. The first-order chi connectivity index (χ1) is 14.7. The maximum atomic E-state index is 12.5. The topological polar surface area (TPSA) is 85.6 Å². The van der Waals surface area contributed by atoms with Gasteiger partial charge in [-0.15, -0.1) is 0 Å². The van der Waals surface area contributed by atoms with Gasteiger partial charge in [-0.2, -0.15) is 5.10 Å². The number of hydrogen-bond acceptors (Lipinski definition) is 6. The zero-order valence-electron chi connectivity index (χ0n) is 17.2. The van der Waals surface area contributed by atoms with E-state index in [0.717, 1.165) is 54.3 Å². The largest absolute Gasteiger partial charge is 0.367 e. The minimum Gasteiger partial charge on any atom is -0.367 e. The van der Waals surface area contributed by atoms with Gasteiger partial charge in [0, 0.05) is 47.7 Å². The minimum absolute atomic E-state index is 0.0421. The Kier molecular flexibility index (Phi) is 5.02. The van der Waals surface area contributed by atoms with E-state index in [1.54, 1.807) is 29.2 Å². The summed E-state index contributed by atoms with van der Waals surface area (Å²) in [4.78, 5) is 25.9. The van der Waals surface area contributed by atoms with E-state index in [9.17, 15) is 4.79 Å². The predicted octanol–water partition coefficient (Wildman–Crippen LogP) is 3.88. The molecule has 0 aliphatic heterocycles. The molecule has 30 heavy (non-hydrogen) atoms. The van der Waals surface area contributed by atoms with Crippen LogP contribution in [0.4, 0.5) is 5.82 Å². The number of aromatic nitrogens is 5. The molecule has 0 amide bonds. The third-order valence-corrected chi connectivity index (χ3v) is 5.99. The van der Waals surface area contributed by atoms with Crippen molar-refractivity contribution < 1.29 is 0 Å². The van der Waals surface area contributed by atoms with Crippen molar-refractivity contribution in [2.75, 3.05) is 5.32 Å². The van der Waals surface area contributed by atoms with Crippen molar-refractivity contribution in [2.45, 2.75) is 63.5 Å². The van der Waals surface area contributed by atoms with E-state index in [4.69, 9.17) is 4.98 Å². The fourth-order valence-corrected chi connectivity index (χ4v) is 4.22. The van der Waals surface area contributed by atoms with Crippen molar-refractivity contribution in [1.29, 1.82) is 0 Å². The lowest BCUT2D eigenvalue weighted by atomic mass is 9.91. The molecular formula is C23H26N6O. The van der Waals surface area contributed by atoms with Gasteiger partial charge in [-0.3, -0.25) is 9.78 Å². The quantitative estimate of drug-likeness (QED) is 0.697. The molecule has 2 saturated carbocycles.